The Kier molecular flexibility index (Phi) is 7.50. The van der Waals surface area contributed by atoms with Crippen molar-refractivity contribution in [2.24, 2.45) is 0 Å². The Labute approximate surface area is 226 Å². The molecule has 0 N–H and O–H groups in total. The molecule has 5 aromatic rings. The van der Waals surface area contributed by atoms with E-state index in [1.54, 1.807) is 16.1 Å². The zero-order valence-electron chi connectivity index (χ0n) is 22.3. The van der Waals surface area contributed by atoms with E-state index in [-0.39, 0.29) is 0 Å². The van der Waals surface area contributed by atoms with Crippen LogP contribution in [0, 0.1) is 20.8 Å². The molecule has 0 atom stereocenters. The van der Waals surface area contributed by atoms with Gasteiger partial charge in [0.05, 0.1) is 10.4 Å². The van der Waals surface area contributed by atoms with Gasteiger partial charge in [0.25, 0.3) is 10.0 Å². The first-order valence-corrected chi connectivity index (χ1v) is 14.5. The van der Waals surface area contributed by atoms with Crippen molar-refractivity contribution in [1.82, 2.24) is 8.87 Å². The smallest absolute Gasteiger partial charge is 0.268 e. The second-order valence-corrected chi connectivity index (χ2v) is 12.0. The lowest BCUT2D eigenvalue weighted by Gasteiger charge is -2.23. The molecule has 0 saturated carbocycles. The number of fused-ring (bicyclic) bond motifs is 1. The van der Waals surface area contributed by atoms with Crippen LogP contribution in [0.4, 0.5) is 0 Å². The van der Waals surface area contributed by atoms with Gasteiger partial charge in [-0.25, -0.2) is 12.4 Å². The SMILES string of the molecule is Cc1ccc(S(=O)(=O)n2c(CCN(Cc3ccccc3)Cc3ccccc3)cc3c(C)cc(C)cc32)cc1. The summed E-state index contributed by atoms with van der Waals surface area (Å²) in [6.45, 7) is 8.34. The maximum atomic E-state index is 14.0. The third-order valence-electron chi connectivity index (χ3n) is 7.04. The van der Waals surface area contributed by atoms with Crippen molar-refractivity contribution >= 4 is 20.9 Å². The first-order valence-electron chi connectivity index (χ1n) is 13.1. The number of aromatic nitrogens is 1. The number of nitrogens with zero attached hydrogens (tertiary/aromatic N) is 2. The fraction of sp³-hybridized carbons (Fsp3) is 0.212. The molecule has 0 spiro atoms. The molecule has 0 aliphatic heterocycles. The predicted molar refractivity (Wildman–Crippen MR) is 156 cm³/mol. The van der Waals surface area contributed by atoms with E-state index < -0.39 is 10.0 Å². The van der Waals surface area contributed by atoms with E-state index in [1.807, 2.05) is 44.2 Å². The third-order valence-corrected chi connectivity index (χ3v) is 8.82. The van der Waals surface area contributed by atoms with Crippen molar-refractivity contribution in [3.05, 3.63) is 137 Å². The quantitative estimate of drug-likeness (QED) is 0.208. The molecule has 4 aromatic carbocycles. The molecule has 0 unspecified atom stereocenters. The van der Waals surface area contributed by atoms with E-state index in [9.17, 15) is 8.42 Å². The third kappa shape index (κ3) is 5.59. The monoisotopic (exact) mass is 522 g/mol. The molecule has 0 radical (unpaired) electrons. The number of hydrogen-bond acceptors (Lipinski definition) is 3. The summed E-state index contributed by atoms with van der Waals surface area (Å²) in [5, 5.41) is 0.985. The number of hydrogen-bond donors (Lipinski definition) is 0. The minimum Gasteiger partial charge on any atom is -0.294 e. The standard InChI is InChI=1S/C33H34N2O2S/c1-25-14-16-31(17-15-25)38(36,37)35-30(22-32-27(3)20-26(2)21-33(32)35)18-19-34(23-28-10-6-4-7-11-28)24-29-12-8-5-9-13-29/h4-17,20-22H,18-19,23-24H2,1-3H3. The van der Waals surface area contributed by atoms with Crippen LogP contribution in [-0.4, -0.2) is 23.8 Å². The van der Waals surface area contributed by atoms with Gasteiger partial charge in [0.2, 0.25) is 0 Å². The minimum absolute atomic E-state index is 0.312. The van der Waals surface area contributed by atoms with Crippen LogP contribution in [0.2, 0.25) is 0 Å². The Hall–Kier alpha value is -3.67. The molecule has 0 saturated heterocycles. The predicted octanol–water partition coefficient (Wildman–Crippen LogP) is 7.05. The van der Waals surface area contributed by atoms with Gasteiger partial charge in [0, 0.05) is 37.1 Å². The van der Waals surface area contributed by atoms with E-state index in [4.69, 9.17) is 0 Å². The van der Waals surface area contributed by atoms with Crippen molar-refractivity contribution in [2.75, 3.05) is 6.54 Å². The highest BCUT2D eigenvalue weighted by Crippen LogP contribution is 2.30. The van der Waals surface area contributed by atoms with Crippen LogP contribution in [0.25, 0.3) is 10.9 Å². The molecular formula is C33H34N2O2S. The molecular weight excluding hydrogens is 488 g/mol. The minimum atomic E-state index is -3.77. The fourth-order valence-electron chi connectivity index (χ4n) is 5.14. The van der Waals surface area contributed by atoms with Crippen molar-refractivity contribution < 1.29 is 8.42 Å². The van der Waals surface area contributed by atoms with E-state index in [2.05, 4.69) is 72.5 Å². The highest BCUT2D eigenvalue weighted by atomic mass is 32.2. The average molecular weight is 523 g/mol. The Morgan fingerprint density at radius 1 is 0.684 bits per heavy atom. The van der Waals surface area contributed by atoms with Gasteiger partial charge in [0.1, 0.15) is 0 Å². The second-order valence-electron chi connectivity index (χ2n) is 10.2. The Morgan fingerprint density at radius 2 is 1.26 bits per heavy atom. The summed E-state index contributed by atoms with van der Waals surface area (Å²) in [5.74, 6) is 0. The summed E-state index contributed by atoms with van der Waals surface area (Å²) < 4.78 is 29.7. The van der Waals surface area contributed by atoms with Gasteiger partial charge in [-0.1, -0.05) is 84.4 Å². The number of aryl methyl sites for hydroxylation is 3. The molecule has 0 aliphatic carbocycles. The molecule has 5 heteroatoms. The summed E-state index contributed by atoms with van der Waals surface area (Å²) in [4.78, 5) is 2.70. The molecule has 1 aromatic heterocycles. The molecule has 0 bridgehead atoms. The normalized spacial score (nSPS) is 11.9. The van der Waals surface area contributed by atoms with Crippen LogP contribution in [-0.2, 0) is 29.5 Å². The maximum Gasteiger partial charge on any atom is 0.268 e. The van der Waals surface area contributed by atoms with Crippen molar-refractivity contribution in [1.29, 1.82) is 0 Å². The molecule has 38 heavy (non-hydrogen) atoms. The van der Waals surface area contributed by atoms with Gasteiger partial charge in [-0.15, -0.1) is 0 Å². The Balaban J connectivity index is 1.54. The lowest BCUT2D eigenvalue weighted by molar-refractivity contribution is 0.259. The summed E-state index contributed by atoms with van der Waals surface area (Å²) in [7, 11) is -3.77. The number of rotatable bonds is 9. The van der Waals surface area contributed by atoms with E-state index >= 15 is 0 Å². The van der Waals surface area contributed by atoms with Crippen LogP contribution in [0.1, 0.15) is 33.5 Å². The van der Waals surface area contributed by atoms with E-state index in [0.29, 0.717) is 11.3 Å². The van der Waals surface area contributed by atoms with Crippen LogP contribution in [0.5, 0.6) is 0 Å². The van der Waals surface area contributed by atoms with Gasteiger partial charge < -0.3 is 0 Å². The fourth-order valence-corrected chi connectivity index (χ4v) is 6.69. The Morgan fingerprint density at radius 3 is 1.84 bits per heavy atom. The van der Waals surface area contributed by atoms with Crippen molar-refractivity contribution in [2.45, 2.75) is 45.2 Å². The van der Waals surface area contributed by atoms with Crippen LogP contribution < -0.4 is 0 Å². The Bertz CT molecular complexity index is 1600. The molecule has 1 heterocycles. The molecule has 0 amide bonds. The van der Waals surface area contributed by atoms with Crippen LogP contribution in [0.15, 0.2) is 108 Å². The second kappa shape index (κ2) is 11.0. The van der Waals surface area contributed by atoms with Gasteiger partial charge in [-0.05, 0) is 67.3 Å². The van der Waals surface area contributed by atoms with Crippen molar-refractivity contribution in [3.63, 3.8) is 0 Å². The summed E-state index contributed by atoms with van der Waals surface area (Å²) >= 11 is 0. The topological polar surface area (TPSA) is 42.3 Å². The lowest BCUT2D eigenvalue weighted by Crippen LogP contribution is -2.26. The first-order chi connectivity index (χ1) is 18.3. The lowest BCUT2D eigenvalue weighted by atomic mass is 10.1. The zero-order chi connectivity index (χ0) is 26.7. The maximum absolute atomic E-state index is 14.0. The van der Waals surface area contributed by atoms with Crippen LogP contribution in [0.3, 0.4) is 0 Å². The highest BCUT2D eigenvalue weighted by Gasteiger charge is 2.24. The summed E-state index contributed by atoms with van der Waals surface area (Å²) in [6.07, 6.45) is 0.609. The van der Waals surface area contributed by atoms with E-state index in [1.165, 1.54) is 11.1 Å². The zero-order valence-corrected chi connectivity index (χ0v) is 23.1. The van der Waals surface area contributed by atoms with Gasteiger partial charge in [-0.2, -0.15) is 0 Å². The molecule has 0 aliphatic rings. The highest BCUT2D eigenvalue weighted by molar-refractivity contribution is 7.90. The molecule has 5 rings (SSSR count). The average Bonchev–Trinajstić information content (AvgIpc) is 3.28. The number of benzene rings is 4. The van der Waals surface area contributed by atoms with E-state index in [0.717, 1.165) is 52.9 Å². The first kappa shape index (κ1) is 26.0. The molecule has 4 nitrogen and oxygen atoms in total. The van der Waals surface area contributed by atoms with Gasteiger partial charge in [0.15, 0.2) is 0 Å². The largest absolute Gasteiger partial charge is 0.294 e. The van der Waals surface area contributed by atoms with Gasteiger partial charge in [-0.3, -0.25) is 4.90 Å². The van der Waals surface area contributed by atoms with Crippen LogP contribution >= 0.6 is 0 Å². The van der Waals surface area contributed by atoms with Crippen molar-refractivity contribution in [3.8, 4) is 0 Å². The molecule has 0 fully saturated rings. The van der Waals surface area contributed by atoms with Gasteiger partial charge >= 0.3 is 0 Å². The molecule has 194 valence electrons. The summed E-state index contributed by atoms with van der Waals surface area (Å²) in [6, 6.07) is 34.2. The summed E-state index contributed by atoms with van der Waals surface area (Å²) in [5.41, 5.74) is 7.20.